The fraction of sp³-hybridized carbons (Fsp3) is 0.421. The Balaban J connectivity index is 2.50. The van der Waals surface area contributed by atoms with Gasteiger partial charge in [0.05, 0.1) is 12.7 Å². The van der Waals surface area contributed by atoms with Gasteiger partial charge in [0.15, 0.2) is 0 Å². The van der Waals surface area contributed by atoms with E-state index < -0.39 is 0 Å². The van der Waals surface area contributed by atoms with E-state index in [1.54, 1.807) is 0 Å². The average molecular weight is 284 g/mol. The van der Waals surface area contributed by atoms with E-state index in [9.17, 15) is 4.79 Å². The van der Waals surface area contributed by atoms with Gasteiger partial charge in [0.1, 0.15) is 0 Å². The Morgan fingerprint density at radius 3 is 1.76 bits per heavy atom. The van der Waals surface area contributed by atoms with E-state index in [1.165, 1.54) is 18.3 Å². The number of hydrogen-bond acceptors (Lipinski definition) is 2. The first-order valence-corrected chi connectivity index (χ1v) is 7.24. The van der Waals surface area contributed by atoms with Crippen molar-refractivity contribution in [1.29, 1.82) is 0 Å². The van der Waals surface area contributed by atoms with E-state index in [2.05, 4.69) is 34.3 Å². The maximum Gasteiger partial charge on any atom is 0.337 e. The summed E-state index contributed by atoms with van der Waals surface area (Å²) in [5.74, 6) is -0.307. The Hall–Kier alpha value is -1.83. The van der Waals surface area contributed by atoms with Gasteiger partial charge in [0.2, 0.25) is 0 Å². The molecule has 1 aromatic carbocycles. The molecule has 1 fully saturated rings. The van der Waals surface area contributed by atoms with Crippen LogP contribution in [0.2, 0.25) is 0 Å². The number of carbonyl (C=O) groups excluding carboxylic acids is 1. The second-order valence-corrected chi connectivity index (χ2v) is 6.85. The summed E-state index contributed by atoms with van der Waals surface area (Å²) < 4.78 is 4.74. The van der Waals surface area contributed by atoms with Crippen molar-refractivity contribution in [2.45, 2.75) is 34.6 Å². The topological polar surface area (TPSA) is 26.3 Å². The molecule has 0 amide bonds. The molecule has 1 aromatic rings. The van der Waals surface area contributed by atoms with Crippen LogP contribution in [0.3, 0.4) is 0 Å². The third-order valence-electron chi connectivity index (χ3n) is 5.02. The molecule has 1 aliphatic carbocycles. The summed E-state index contributed by atoms with van der Waals surface area (Å²) in [6.07, 6.45) is 0. The van der Waals surface area contributed by atoms with Gasteiger partial charge in [-0.3, -0.25) is 0 Å². The minimum atomic E-state index is -0.307. The molecule has 0 bridgehead atoms. The van der Waals surface area contributed by atoms with Gasteiger partial charge in [-0.05, 0) is 46.6 Å². The number of hydrogen-bond donors (Lipinski definition) is 0. The molecule has 0 spiro atoms. The van der Waals surface area contributed by atoms with E-state index in [4.69, 9.17) is 4.74 Å². The SMILES string of the molecule is C=C(C)C(=C1C(C)(C)C1(C)C)c1ccc(C(=O)OC)cc1. The summed E-state index contributed by atoms with van der Waals surface area (Å²) in [4.78, 5) is 11.5. The third-order valence-corrected chi connectivity index (χ3v) is 5.02. The number of ether oxygens (including phenoxy) is 1. The summed E-state index contributed by atoms with van der Waals surface area (Å²) in [5, 5.41) is 0. The van der Waals surface area contributed by atoms with Crippen LogP contribution in [-0.4, -0.2) is 13.1 Å². The number of benzene rings is 1. The fourth-order valence-electron chi connectivity index (χ4n) is 3.15. The number of esters is 1. The van der Waals surface area contributed by atoms with Crippen LogP contribution in [0.1, 0.15) is 50.5 Å². The lowest BCUT2D eigenvalue weighted by Crippen LogP contribution is -2.01. The maximum atomic E-state index is 11.5. The van der Waals surface area contributed by atoms with E-state index in [1.807, 2.05) is 31.2 Å². The zero-order valence-electron chi connectivity index (χ0n) is 13.8. The monoisotopic (exact) mass is 284 g/mol. The summed E-state index contributed by atoms with van der Waals surface area (Å²) in [5.41, 5.74) is 5.78. The summed E-state index contributed by atoms with van der Waals surface area (Å²) >= 11 is 0. The Morgan fingerprint density at radius 2 is 1.43 bits per heavy atom. The zero-order chi connectivity index (χ0) is 16.0. The normalized spacial score (nSPS) is 18.1. The van der Waals surface area contributed by atoms with Crippen LogP contribution in [0.5, 0.6) is 0 Å². The van der Waals surface area contributed by atoms with Crippen LogP contribution in [0, 0.1) is 10.8 Å². The van der Waals surface area contributed by atoms with E-state index >= 15 is 0 Å². The largest absolute Gasteiger partial charge is 0.465 e. The summed E-state index contributed by atoms with van der Waals surface area (Å²) in [7, 11) is 1.40. The minimum absolute atomic E-state index is 0.183. The average Bonchev–Trinajstić information content (AvgIpc) is 2.81. The Labute approximate surface area is 127 Å². The van der Waals surface area contributed by atoms with E-state index in [0.717, 1.165) is 11.1 Å². The molecule has 0 saturated heterocycles. The van der Waals surface area contributed by atoms with Crippen molar-refractivity contribution >= 4 is 11.5 Å². The molecule has 0 aliphatic heterocycles. The van der Waals surface area contributed by atoms with Crippen LogP contribution in [0.4, 0.5) is 0 Å². The second kappa shape index (κ2) is 4.87. The molecule has 1 aliphatic rings. The van der Waals surface area contributed by atoms with Crippen molar-refractivity contribution < 1.29 is 9.53 Å². The molecular weight excluding hydrogens is 260 g/mol. The molecule has 2 rings (SSSR count). The van der Waals surface area contributed by atoms with Gasteiger partial charge in [-0.15, -0.1) is 0 Å². The van der Waals surface area contributed by atoms with Gasteiger partial charge in [-0.25, -0.2) is 4.79 Å². The van der Waals surface area contributed by atoms with Gasteiger partial charge in [-0.1, -0.05) is 52.0 Å². The van der Waals surface area contributed by atoms with E-state index in [-0.39, 0.29) is 16.8 Å². The molecule has 0 heterocycles. The molecule has 2 heteroatoms. The first-order chi connectivity index (χ1) is 9.64. The van der Waals surface area contributed by atoms with Crippen molar-refractivity contribution in [3.63, 3.8) is 0 Å². The van der Waals surface area contributed by atoms with Crippen molar-refractivity contribution in [3.05, 3.63) is 53.1 Å². The highest BCUT2D eigenvalue weighted by molar-refractivity contribution is 5.91. The van der Waals surface area contributed by atoms with Gasteiger partial charge in [0, 0.05) is 0 Å². The number of carbonyl (C=O) groups is 1. The van der Waals surface area contributed by atoms with Crippen molar-refractivity contribution in [2.24, 2.45) is 10.8 Å². The Kier molecular flexibility index (Phi) is 3.61. The molecule has 0 N–H and O–H groups in total. The zero-order valence-corrected chi connectivity index (χ0v) is 13.8. The lowest BCUT2D eigenvalue weighted by Gasteiger charge is -2.10. The lowest BCUT2D eigenvalue weighted by molar-refractivity contribution is 0.0600. The van der Waals surface area contributed by atoms with Crippen molar-refractivity contribution in [3.8, 4) is 0 Å². The number of allylic oxidation sites excluding steroid dienone is 3. The molecule has 2 nitrogen and oxygen atoms in total. The molecule has 0 radical (unpaired) electrons. The highest BCUT2D eigenvalue weighted by Gasteiger charge is 2.61. The first-order valence-electron chi connectivity index (χ1n) is 7.24. The predicted octanol–water partition coefficient (Wildman–Crippen LogP) is 4.87. The van der Waals surface area contributed by atoms with Crippen LogP contribution in [0.25, 0.3) is 5.57 Å². The first kappa shape index (κ1) is 15.6. The van der Waals surface area contributed by atoms with Crippen LogP contribution in [-0.2, 0) is 4.74 Å². The minimum Gasteiger partial charge on any atom is -0.465 e. The second-order valence-electron chi connectivity index (χ2n) is 6.85. The van der Waals surface area contributed by atoms with Crippen LogP contribution < -0.4 is 0 Å². The quantitative estimate of drug-likeness (QED) is 0.740. The molecule has 112 valence electrons. The summed E-state index contributed by atoms with van der Waals surface area (Å²) in [6.45, 7) is 15.3. The van der Waals surface area contributed by atoms with Gasteiger partial charge < -0.3 is 4.74 Å². The molecule has 21 heavy (non-hydrogen) atoms. The molecule has 0 aromatic heterocycles. The van der Waals surface area contributed by atoms with E-state index in [0.29, 0.717) is 5.56 Å². The van der Waals surface area contributed by atoms with Gasteiger partial charge >= 0.3 is 5.97 Å². The van der Waals surface area contributed by atoms with Crippen molar-refractivity contribution in [2.75, 3.05) is 7.11 Å². The Morgan fingerprint density at radius 1 is 1.00 bits per heavy atom. The maximum absolute atomic E-state index is 11.5. The highest BCUT2D eigenvalue weighted by atomic mass is 16.5. The molecule has 0 atom stereocenters. The molecular formula is C19H24O2. The molecule has 1 saturated carbocycles. The van der Waals surface area contributed by atoms with Crippen LogP contribution >= 0.6 is 0 Å². The third kappa shape index (κ3) is 2.33. The molecule has 0 unspecified atom stereocenters. The lowest BCUT2D eigenvalue weighted by atomic mass is 9.95. The number of rotatable bonds is 3. The van der Waals surface area contributed by atoms with Gasteiger partial charge in [0.25, 0.3) is 0 Å². The summed E-state index contributed by atoms with van der Waals surface area (Å²) in [6, 6.07) is 7.58. The number of methoxy groups -OCH3 is 1. The fourth-order valence-corrected chi connectivity index (χ4v) is 3.15. The highest BCUT2D eigenvalue weighted by Crippen LogP contribution is 2.70. The van der Waals surface area contributed by atoms with Crippen molar-refractivity contribution in [1.82, 2.24) is 0 Å². The smallest absolute Gasteiger partial charge is 0.337 e. The van der Waals surface area contributed by atoms with Gasteiger partial charge in [-0.2, -0.15) is 0 Å². The standard InChI is InChI=1S/C19H24O2/c1-12(2)15(16-18(3,4)19(16,5)6)13-8-10-14(11-9-13)17(20)21-7/h8-11H,1H2,2-7H3. The van der Waals surface area contributed by atoms with Crippen LogP contribution in [0.15, 0.2) is 42.0 Å². The Bertz CT molecular complexity index is 612. The predicted molar refractivity (Wildman–Crippen MR) is 87.1 cm³/mol.